The minimum absolute atomic E-state index is 0.0389. The molecule has 1 aliphatic heterocycles. The second kappa shape index (κ2) is 9.60. The maximum atomic E-state index is 13.0. The van der Waals surface area contributed by atoms with Crippen molar-refractivity contribution in [3.8, 4) is 5.75 Å². The Hall–Kier alpha value is -2.73. The molecule has 5 nitrogen and oxygen atoms in total. The highest BCUT2D eigenvalue weighted by atomic mass is 32.2. The fraction of sp³-hybridized carbons (Fsp3) is 0.360. The van der Waals surface area contributed by atoms with Crippen molar-refractivity contribution in [3.63, 3.8) is 0 Å². The first-order chi connectivity index (χ1) is 15.0. The molecule has 1 saturated heterocycles. The summed E-state index contributed by atoms with van der Waals surface area (Å²) in [7, 11) is 3.50. The highest BCUT2D eigenvalue weighted by molar-refractivity contribution is 8.04. The van der Waals surface area contributed by atoms with Crippen molar-refractivity contribution in [2.45, 2.75) is 37.1 Å². The first-order valence-electron chi connectivity index (χ1n) is 10.7. The molecule has 6 heteroatoms. The molecule has 4 rings (SSSR count). The Bertz CT molecular complexity index is 958. The summed E-state index contributed by atoms with van der Waals surface area (Å²) >= 11 is 1.65. The lowest BCUT2D eigenvalue weighted by molar-refractivity contribution is -0.136. The predicted octanol–water partition coefficient (Wildman–Crippen LogP) is 4.10. The van der Waals surface area contributed by atoms with Gasteiger partial charge >= 0.3 is 0 Å². The Morgan fingerprint density at radius 3 is 2.61 bits per heavy atom. The molecule has 1 saturated carbocycles. The fourth-order valence-corrected chi connectivity index (χ4v) is 5.61. The van der Waals surface area contributed by atoms with Gasteiger partial charge in [0.05, 0.1) is 12.0 Å². The monoisotopic (exact) mass is 436 g/mol. The average Bonchev–Trinajstić information content (AvgIpc) is 2.80. The van der Waals surface area contributed by atoms with Crippen LogP contribution in [0.2, 0.25) is 0 Å². The Morgan fingerprint density at radius 1 is 1.16 bits per heavy atom. The number of amides is 2. The number of benzene rings is 2. The number of carbonyl (C=O) groups excluding carboxylic acids is 2. The first-order valence-corrected chi connectivity index (χ1v) is 11.5. The molecule has 3 atom stereocenters. The van der Waals surface area contributed by atoms with Gasteiger partial charge in [0.25, 0.3) is 5.91 Å². The van der Waals surface area contributed by atoms with Gasteiger partial charge in [-0.15, -0.1) is 11.8 Å². The Morgan fingerprint density at radius 2 is 1.90 bits per heavy atom. The molecule has 1 aliphatic carbocycles. The predicted molar refractivity (Wildman–Crippen MR) is 125 cm³/mol. The maximum absolute atomic E-state index is 13.0. The van der Waals surface area contributed by atoms with Gasteiger partial charge in [-0.25, -0.2) is 0 Å². The number of carbonyl (C=O) groups is 2. The summed E-state index contributed by atoms with van der Waals surface area (Å²) in [5, 5.41) is 3.47. The SMILES string of the molecule is COc1ccc(/C=C2/SC3CCC(C(=O)N(C)Cc4ccccc4)CC3NC2=O)cc1. The molecule has 2 fully saturated rings. The zero-order chi connectivity index (χ0) is 21.8. The normalized spacial score (nSPS) is 24.3. The van der Waals surface area contributed by atoms with Crippen LogP contribution in [0.1, 0.15) is 30.4 Å². The largest absolute Gasteiger partial charge is 0.497 e. The molecule has 2 aromatic rings. The maximum Gasteiger partial charge on any atom is 0.257 e. The molecule has 0 bridgehead atoms. The second-order valence-corrected chi connectivity index (χ2v) is 9.49. The number of methoxy groups -OCH3 is 1. The minimum Gasteiger partial charge on any atom is -0.497 e. The molecule has 1 N–H and O–H groups in total. The summed E-state index contributed by atoms with van der Waals surface area (Å²) in [5.74, 6) is 0.875. The van der Waals surface area contributed by atoms with E-state index >= 15 is 0 Å². The van der Waals surface area contributed by atoms with Crippen LogP contribution < -0.4 is 10.1 Å². The lowest BCUT2D eigenvalue weighted by atomic mass is 9.84. The van der Waals surface area contributed by atoms with Crippen LogP contribution >= 0.6 is 11.8 Å². The van der Waals surface area contributed by atoms with Gasteiger partial charge in [-0.05, 0) is 48.6 Å². The van der Waals surface area contributed by atoms with Crippen molar-refractivity contribution in [1.29, 1.82) is 0 Å². The van der Waals surface area contributed by atoms with E-state index in [1.54, 1.807) is 18.9 Å². The summed E-state index contributed by atoms with van der Waals surface area (Å²) in [6.45, 7) is 0.611. The summed E-state index contributed by atoms with van der Waals surface area (Å²) in [5.41, 5.74) is 2.10. The second-order valence-electron chi connectivity index (χ2n) is 8.21. The van der Waals surface area contributed by atoms with E-state index in [4.69, 9.17) is 4.74 Å². The van der Waals surface area contributed by atoms with Crippen molar-refractivity contribution in [2.24, 2.45) is 5.92 Å². The molecule has 3 unspecified atom stereocenters. The minimum atomic E-state index is -0.0483. The molecule has 162 valence electrons. The third-order valence-corrected chi connectivity index (χ3v) is 7.43. The van der Waals surface area contributed by atoms with E-state index in [0.717, 1.165) is 34.6 Å². The molecule has 31 heavy (non-hydrogen) atoms. The molecule has 2 aromatic carbocycles. The molecule has 2 amide bonds. The number of nitrogens with zero attached hydrogens (tertiary/aromatic N) is 1. The van der Waals surface area contributed by atoms with E-state index in [2.05, 4.69) is 5.32 Å². The van der Waals surface area contributed by atoms with Crippen LogP contribution in [0, 0.1) is 5.92 Å². The van der Waals surface area contributed by atoms with Crippen molar-refractivity contribution < 1.29 is 14.3 Å². The Balaban J connectivity index is 1.37. The number of hydrogen-bond acceptors (Lipinski definition) is 4. The van der Waals surface area contributed by atoms with Gasteiger partial charge in [-0.3, -0.25) is 9.59 Å². The average molecular weight is 437 g/mol. The van der Waals surface area contributed by atoms with Gasteiger partial charge in [0.15, 0.2) is 0 Å². The van der Waals surface area contributed by atoms with Crippen LogP contribution in [0.25, 0.3) is 6.08 Å². The van der Waals surface area contributed by atoms with E-state index in [-0.39, 0.29) is 23.8 Å². The quantitative estimate of drug-likeness (QED) is 0.717. The van der Waals surface area contributed by atoms with E-state index in [9.17, 15) is 9.59 Å². The molecule has 1 heterocycles. The van der Waals surface area contributed by atoms with Crippen LogP contribution in [0.3, 0.4) is 0 Å². The standard InChI is InChI=1S/C25H28N2O3S/c1-27(16-18-6-4-3-5-7-18)25(29)19-10-13-22-21(15-19)26-24(28)23(31-22)14-17-8-11-20(30-2)12-9-17/h3-9,11-12,14,19,21-22H,10,13,15-16H2,1-2H3,(H,26,28)/b23-14+. The van der Waals surface area contributed by atoms with Crippen LogP contribution in [0.15, 0.2) is 59.5 Å². The number of rotatable bonds is 5. The number of thioether (sulfide) groups is 1. The zero-order valence-corrected chi connectivity index (χ0v) is 18.7. The zero-order valence-electron chi connectivity index (χ0n) is 17.9. The van der Waals surface area contributed by atoms with Crippen LogP contribution in [-0.4, -0.2) is 42.2 Å². The Labute approximate surface area is 187 Å². The third-order valence-electron chi connectivity index (χ3n) is 6.01. The number of fused-ring (bicyclic) bond motifs is 1. The summed E-state index contributed by atoms with van der Waals surface area (Å²) in [6.07, 6.45) is 4.42. The Kier molecular flexibility index (Phi) is 6.66. The fourth-order valence-electron chi connectivity index (χ4n) is 4.31. The van der Waals surface area contributed by atoms with Gasteiger partial charge < -0.3 is 15.0 Å². The highest BCUT2D eigenvalue weighted by Crippen LogP contribution is 2.40. The van der Waals surface area contributed by atoms with E-state index in [1.165, 1.54) is 0 Å². The summed E-state index contributed by atoms with van der Waals surface area (Å²) < 4.78 is 5.19. The third kappa shape index (κ3) is 5.13. The van der Waals surface area contributed by atoms with Crippen LogP contribution in [0.5, 0.6) is 5.75 Å². The van der Waals surface area contributed by atoms with Crippen LogP contribution in [-0.2, 0) is 16.1 Å². The van der Waals surface area contributed by atoms with Crippen molar-refractivity contribution in [1.82, 2.24) is 10.2 Å². The van der Waals surface area contributed by atoms with Gasteiger partial charge in [0, 0.05) is 30.8 Å². The van der Waals surface area contributed by atoms with Gasteiger partial charge in [-0.1, -0.05) is 42.5 Å². The molecular formula is C25H28N2O3S. The number of nitrogens with one attached hydrogen (secondary N) is 1. The van der Waals surface area contributed by atoms with E-state index < -0.39 is 0 Å². The van der Waals surface area contributed by atoms with Crippen molar-refractivity contribution in [2.75, 3.05) is 14.2 Å². The van der Waals surface area contributed by atoms with E-state index in [1.807, 2.05) is 72.6 Å². The number of ether oxygens (including phenoxy) is 1. The summed E-state index contributed by atoms with van der Waals surface area (Å²) in [6, 6.07) is 17.8. The van der Waals surface area contributed by atoms with Crippen molar-refractivity contribution >= 4 is 29.7 Å². The molecule has 0 spiro atoms. The molecule has 0 radical (unpaired) electrons. The van der Waals surface area contributed by atoms with Gasteiger partial charge in [0.2, 0.25) is 5.91 Å². The van der Waals surface area contributed by atoms with E-state index in [0.29, 0.717) is 18.2 Å². The lowest BCUT2D eigenvalue weighted by Crippen LogP contribution is -2.51. The smallest absolute Gasteiger partial charge is 0.257 e. The summed E-state index contributed by atoms with van der Waals surface area (Å²) in [4.78, 5) is 28.3. The topological polar surface area (TPSA) is 58.6 Å². The lowest BCUT2D eigenvalue weighted by Gasteiger charge is -2.40. The molecular weight excluding hydrogens is 408 g/mol. The van der Waals surface area contributed by atoms with Crippen LogP contribution in [0.4, 0.5) is 0 Å². The molecule has 0 aromatic heterocycles. The highest BCUT2D eigenvalue weighted by Gasteiger charge is 2.40. The first kappa shape index (κ1) is 21.5. The van der Waals surface area contributed by atoms with Gasteiger partial charge in [0.1, 0.15) is 5.75 Å². The number of hydrogen-bond donors (Lipinski definition) is 1. The molecule has 2 aliphatic rings. The van der Waals surface area contributed by atoms with Gasteiger partial charge in [-0.2, -0.15) is 0 Å². The van der Waals surface area contributed by atoms with Crippen molar-refractivity contribution in [3.05, 3.63) is 70.6 Å².